The Labute approximate surface area is 99.1 Å². The molecule has 0 heterocycles. The summed E-state index contributed by atoms with van der Waals surface area (Å²) in [7, 11) is 1.84. The van der Waals surface area contributed by atoms with E-state index < -0.39 is 11.6 Å². The number of halogens is 2. The van der Waals surface area contributed by atoms with Crippen LogP contribution in [0.3, 0.4) is 0 Å². The van der Waals surface area contributed by atoms with Crippen LogP contribution >= 0.6 is 0 Å². The van der Waals surface area contributed by atoms with Crippen molar-refractivity contribution in [3.8, 4) is 0 Å². The molecule has 0 radical (unpaired) electrons. The second-order valence-corrected chi connectivity index (χ2v) is 3.88. The molecule has 0 spiro atoms. The number of hydrogen-bond donors (Lipinski definition) is 1. The predicted molar refractivity (Wildman–Crippen MR) is 65.2 cm³/mol. The van der Waals surface area contributed by atoms with Gasteiger partial charge in [-0.25, -0.2) is 8.78 Å². The molecule has 0 bridgehead atoms. The van der Waals surface area contributed by atoms with Crippen molar-refractivity contribution in [3.05, 3.63) is 65.2 Å². The van der Waals surface area contributed by atoms with Crippen LogP contribution in [0, 0.1) is 11.6 Å². The van der Waals surface area contributed by atoms with E-state index in [1.54, 1.807) is 6.07 Å². The molecule has 0 fully saturated rings. The Hall–Kier alpha value is -1.90. The van der Waals surface area contributed by atoms with Crippen LogP contribution in [0.1, 0.15) is 11.1 Å². The lowest BCUT2D eigenvalue weighted by Crippen LogP contribution is -1.93. The van der Waals surface area contributed by atoms with Gasteiger partial charge in [-0.05, 0) is 41.8 Å². The van der Waals surface area contributed by atoms with E-state index >= 15 is 0 Å². The van der Waals surface area contributed by atoms with E-state index in [0.717, 1.165) is 22.9 Å². The lowest BCUT2D eigenvalue weighted by molar-refractivity contribution is 0.507. The average Bonchev–Trinajstić information content (AvgIpc) is 2.34. The van der Waals surface area contributed by atoms with E-state index in [1.807, 2.05) is 31.3 Å². The molecule has 17 heavy (non-hydrogen) atoms. The first-order valence-corrected chi connectivity index (χ1v) is 5.39. The molecule has 1 N–H and O–H groups in total. The van der Waals surface area contributed by atoms with Crippen molar-refractivity contribution in [1.82, 2.24) is 0 Å². The molecule has 0 aliphatic carbocycles. The van der Waals surface area contributed by atoms with Crippen molar-refractivity contribution in [2.75, 3.05) is 12.4 Å². The Kier molecular flexibility index (Phi) is 3.38. The van der Waals surface area contributed by atoms with Crippen LogP contribution in [-0.4, -0.2) is 7.05 Å². The van der Waals surface area contributed by atoms with Gasteiger partial charge in [0.05, 0.1) is 0 Å². The molecule has 0 saturated carbocycles. The topological polar surface area (TPSA) is 12.0 Å². The van der Waals surface area contributed by atoms with Crippen LogP contribution in [0.15, 0.2) is 42.5 Å². The molecule has 0 saturated heterocycles. The number of benzene rings is 2. The molecular formula is C14H13F2N. The number of hydrogen-bond acceptors (Lipinski definition) is 1. The summed E-state index contributed by atoms with van der Waals surface area (Å²) in [6.45, 7) is 0. The third-order valence-electron chi connectivity index (χ3n) is 2.61. The zero-order valence-corrected chi connectivity index (χ0v) is 9.50. The van der Waals surface area contributed by atoms with Gasteiger partial charge in [0.25, 0.3) is 0 Å². The molecule has 0 atom stereocenters. The molecule has 1 nitrogen and oxygen atoms in total. The summed E-state index contributed by atoms with van der Waals surface area (Å²) >= 11 is 0. The van der Waals surface area contributed by atoms with Crippen molar-refractivity contribution in [1.29, 1.82) is 0 Å². The Bertz CT molecular complexity index is 523. The smallest absolute Gasteiger partial charge is 0.159 e. The monoisotopic (exact) mass is 233 g/mol. The fraction of sp³-hybridized carbons (Fsp3) is 0.143. The summed E-state index contributed by atoms with van der Waals surface area (Å²) in [6.07, 6.45) is 0.590. The van der Waals surface area contributed by atoms with Gasteiger partial charge in [0.1, 0.15) is 0 Å². The molecule has 3 heteroatoms. The highest BCUT2D eigenvalue weighted by Crippen LogP contribution is 2.16. The van der Waals surface area contributed by atoms with E-state index in [4.69, 9.17) is 0 Å². The zero-order valence-electron chi connectivity index (χ0n) is 9.50. The summed E-state index contributed by atoms with van der Waals surface area (Å²) < 4.78 is 25.8. The summed E-state index contributed by atoms with van der Waals surface area (Å²) in [5.74, 6) is -1.61. The van der Waals surface area contributed by atoms with Crippen LogP contribution in [0.25, 0.3) is 0 Å². The predicted octanol–water partition coefficient (Wildman–Crippen LogP) is 3.60. The number of anilines is 1. The Morgan fingerprint density at radius 3 is 2.41 bits per heavy atom. The van der Waals surface area contributed by atoms with Gasteiger partial charge >= 0.3 is 0 Å². The summed E-state index contributed by atoms with van der Waals surface area (Å²) in [5, 5.41) is 3.04. The summed E-state index contributed by atoms with van der Waals surface area (Å²) in [4.78, 5) is 0. The van der Waals surface area contributed by atoms with Gasteiger partial charge in [0.2, 0.25) is 0 Å². The van der Waals surface area contributed by atoms with Gasteiger partial charge in [0.15, 0.2) is 11.6 Å². The summed E-state index contributed by atoms with van der Waals surface area (Å²) in [5.41, 5.74) is 2.82. The molecule has 2 aromatic rings. The van der Waals surface area contributed by atoms with Gasteiger partial charge in [-0.15, -0.1) is 0 Å². The van der Waals surface area contributed by atoms with Crippen LogP contribution in [-0.2, 0) is 6.42 Å². The van der Waals surface area contributed by atoms with Gasteiger partial charge in [-0.1, -0.05) is 18.2 Å². The lowest BCUT2D eigenvalue weighted by atomic mass is 10.0. The molecule has 0 aliphatic heterocycles. The highest BCUT2D eigenvalue weighted by atomic mass is 19.2. The molecule has 0 aromatic heterocycles. The minimum atomic E-state index is -0.808. The standard InChI is InChI=1S/C14H13F2N/c1-17-12-4-2-3-10(8-12)7-11-5-6-13(15)14(16)9-11/h2-6,8-9,17H,7H2,1H3. The maximum atomic E-state index is 13.0. The fourth-order valence-corrected chi connectivity index (χ4v) is 1.72. The maximum Gasteiger partial charge on any atom is 0.159 e. The highest BCUT2D eigenvalue weighted by Gasteiger charge is 2.03. The lowest BCUT2D eigenvalue weighted by Gasteiger charge is -2.05. The third-order valence-corrected chi connectivity index (χ3v) is 2.61. The Morgan fingerprint density at radius 1 is 0.941 bits per heavy atom. The van der Waals surface area contributed by atoms with E-state index in [0.29, 0.717) is 6.42 Å². The zero-order chi connectivity index (χ0) is 12.3. The Morgan fingerprint density at radius 2 is 1.71 bits per heavy atom. The average molecular weight is 233 g/mol. The molecule has 2 aromatic carbocycles. The molecule has 0 aliphatic rings. The van der Waals surface area contributed by atoms with E-state index in [1.165, 1.54) is 6.07 Å². The minimum absolute atomic E-state index is 0.590. The first kappa shape index (κ1) is 11.6. The first-order valence-electron chi connectivity index (χ1n) is 5.39. The molecule has 88 valence electrons. The second-order valence-electron chi connectivity index (χ2n) is 3.88. The van der Waals surface area contributed by atoms with Gasteiger partial charge in [0, 0.05) is 12.7 Å². The normalized spacial score (nSPS) is 10.3. The fourth-order valence-electron chi connectivity index (χ4n) is 1.72. The van der Waals surface area contributed by atoms with Crippen LogP contribution in [0.2, 0.25) is 0 Å². The van der Waals surface area contributed by atoms with Crippen molar-refractivity contribution >= 4 is 5.69 Å². The van der Waals surface area contributed by atoms with Crippen LogP contribution < -0.4 is 5.32 Å². The maximum absolute atomic E-state index is 13.0. The summed E-state index contributed by atoms with van der Waals surface area (Å²) in [6, 6.07) is 11.8. The van der Waals surface area contributed by atoms with Crippen molar-refractivity contribution in [3.63, 3.8) is 0 Å². The third kappa shape index (κ3) is 2.81. The van der Waals surface area contributed by atoms with Gasteiger partial charge in [-0.2, -0.15) is 0 Å². The molecule has 2 rings (SSSR count). The molecule has 0 amide bonds. The minimum Gasteiger partial charge on any atom is -0.388 e. The molecular weight excluding hydrogens is 220 g/mol. The van der Waals surface area contributed by atoms with Crippen molar-refractivity contribution in [2.45, 2.75) is 6.42 Å². The quantitative estimate of drug-likeness (QED) is 0.854. The largest absolute Gasteiger partial charge is 0.388 e. The first-order chi connectivity index (χ1) is 8.19. The van der Waals surface area contributed by atoms with Gasteiger partial charge < -0.3 is 5.32 Å². The van der Waals surface area contributed by atoms with Crippen molar-refractivity contribution < 1.29 is 8.78 Å². The van der Waals surface area contributed by atoms with Gasteiger partial charge in [-0.3, -0.25) is 0 Å². The van der Waals surface area contributed by atoms with E-state index in [2.05, 4.69) is 5.32 Å². The van der Waals surface area contributed by atoms with E-state index in [9.17, 15) is 8.78 Å². The Balaban J connectivity index is 2.22. The van der Waals surface area contributed by atoms with E-state index in [-0.39, 0.29) is 0 Å². The SMILES string of the molecule is CNc1cccc(Cc2ccc(F)c(F)c2)c1. The second kappa shape index (κ2) is 4.95. The van der Waals surface area contributed by atoms with Crippen LogP contribution in [0.5, 0.6) is 0 Å². The van der Waals surface area contributed by atoms with Crippen LogP contribution in [0.4, 0.5) is 14.5 Å². The van der Waals surface area contributed by atoms with Crippen molar-refractivity contribution in [2.24, 2.45) is 0 Å². The number of rotatable bonds is 3. The highest BCUT2D eigenvalue weighted by molar-refractivity contribution is 5.46. The number of nitrogens with one attached hydrogen (secondary N) is 1. The molecule has 0 unspecified atom stereocenters.